The van der Waals surface area contributed by atoms with Crippen molar-refractivity contribution < 1.29 is 0 Å². The zero-order valence-electron chi connectivity index (χ0n) is 9.43. The molecule has 0 N–H and O–H groups in total. The molecule has 2 aromatic heterocycles. The predicted octanol–water partition coefficient (Wildman–Crippen LogP) is 5.87. The molecule has 0 nitrogen and oxygen atoms in total. The lowest BCUT2D eigenvalue weighted by atomic mass is 10.4. The molecule has 0 bridgehead atoms. The largest absolute Gasteiger partial charge is 0.127 e. The van der Waals surface area contributed by atoms with Gasteiger partial charge in [-0.15, -0.1) is 69.7 Å². The molecule has 0 saturated carbocycles. The van der Waals surface area contributed by atoms with Crippen molar-refractivity contribution in [3.05, 3.63) is 12.1 Å². The average Bonchev–Trinajstić information content (AvgIpc) is 3.02. The van der Waals surface area contributed by atoms with Crippen molar-refractivity contribution in [3.63, 3.8) is 0 Å². The van der Waals surface area contributed by atoms with Crippen LogP contribution in [0.25, 0.3) is 9.75 Å². The highest BCUT2D eigenvalue weighted by atomic mass is 32.2. The van der Waals surface area contributed by atoms with Crippen molar-refractivity contribution in [1.29, 1.82) is 0 Å². The van der Waals surface area contributed by atoms with Gasteiger partial charge < -0.3 is 0 Å². The van der Waals surface area contributed by atoms with Crippen LogP contribution in [-0.2, 0) is 0 Å². The van der Waals surface area contributed by atoms with Gasteiger partial charge in [-0.3, -0.25) is 0 Å². The summed E-state index contributed by atoms with van der Waals surface area (Å²) in [4.78, 5) is 5.97. The third kappa shape index (κ3) is 2.29. The Bertz CT molecular complexity index is 482. The molecule has 2 aromatic rings. The van der Waals surface area contributed by atoms with Crippen LogP contribution in [0.5, 0.6) is 0 Å². The molecule has 0 radical (unpaired) electrons. The average molecular weight is 347 g/mol. The van der Waals surface area contributed by atoms with E-state index in [0.717, 1.165) is 0 Å². The molecule has 4 heterocycles. The van der Waals surface area contributed by atoms with E-state index in [4.69, 9.17) is 0 Å². The quantitative estimate of drug-likeness (QED) is 0.633. The Morgan fingerprint density at radius 1 is 0.611 bits per heavy atom. The Kier molecular flexibility index (Phi) is 3.69. The first-order chi connectivity index (χ1) is 8.90. The van der Waals surface area contributed by atoms with Crippen LogP contribution < -0.4 is 0 Å². The summed E-state index contributed by atoms with van der Waals surface area (Å²) in [6, 6.07) is 4.81. The number of thiophene rings is 2. The number of hydrogen-bond donors (Lipinski definition) is 0. The summed E-state index contributed by atoms with van der Waals surface area (Å²) >= 11 is 12.1. The topological polar surface area (TPSA) is 0 Å². The molecule has 0 unspecified atom stereocenters. The molecule has 2 aliphatic heterocycles. The van der Waals surface area contributed by atoms with Gasteiger partial charge in [-0.25, -0.2) is 0 Å². The summed E-state index contributed by atoms with van der Waals surface area (Å²) in [6.45, 7) is 0. The third-order valence-electron chi connectivity index (χ3n) is 2.72. The molecule has 0 fully saturated rings. The molecule has 0 spiro atoms. The van der Waals surface area contributed by atoms with E-state index in [9.17, 15) is 0 Å². The van der Waals surface area contributed by atoms with Crippen molar-refractivity contribution in [2.24, 2.45) is 0 Å². The van der Waals surface area contributed by atoms with Gasteiger partial charge in [0, 0.05) is 42.6 Å². The monoisotopic (exact) mass is 346 g/mol. The van der Waals surface area contributed by atoms with Crippen molar-refractivity contribution in [2.45, 2.75) is 18.2 Å². The molecule has 4 rings (SSSR count). The van der Waals surface area contributed by atoms with Crippen molar-refractivity contribution >= 4 is 69.7 Å². The van der Waals surface area contributed by atoms with Crippen LogP contribution in [0.2, 0.25) is 0 Å². The highest BCUT2D eigenvalue weighted by Crippen LogP contribution is 2.50. The van der Waals surface area contributed by atoms with Crippen molar-refractivity contribution in [3.8, 4) is 9.75 Å². The van der Waals surface area contributed by atoms with Crippen LogP contribution >= 0.6 is 69.7 Å². The Labute approximate surface area is 132 Å². The smallest absolute Gasteiger partial charge is 0.0741 e. The maximum absolute atomic E-state index is 2.41. The fraction of sp³-hybridized carbons (Fsp3) is 0.333. The Balaban J connectivity index is 1.73. The van der Waals surface area contributed by atoms with Crippen LogP contribution in [0.15, 0.2) is 30.3 Å². The van der Waals surface area contributed by atoms with Gasteiger partial charge in [0.15, 0.2) is 0 Å². The van der Waals surface area contributed by atoms with Crippen LogP contribution in [0.3, 0.4) is 0 Å². The van der Waals surface area contributed by atoms with E-state index < -0.39 is 0 Å². The van der Waals surface area contributed by atoms with Gasteiger partial charge in [0.25, 0.3) is 0 Å². The lowest BCUT2D eigenvalue weighted by Crippen LogP contribution is -1.88. The van der Waals surface area contributed by atoms with Crippen LogP contribution in [-0.4, -0.2) is 23.0 Å². The molecule has 0 aliphatic carbocycles. The molecule has 2 aliphatic rings. The van der Waals surface area contributed by atoms with Gasteiger partial charge in [0.2, 0.25) is 0 Å². The van der Waals surface area contributed by atoms with Crippen LogP contribution in [0.4, 0.5) is 0 Å². The van der Waals surface area contributed by atoms with Gasteiger partial charge in [-0.2, -0.15) is 0 Å². The minimum absolute atomic E-state index is 1.26. The van der Waals surface area contributed by atoms with Crippen molar-refractivity contribution in [1.82, 2.24) is 0 Å². The summed E-state index contributed by atoms with van der Waals surface area (Å²) in [7, 11) is 0. The van der Waals surface area contributed by atoms with Gasteiger partial charge in [-0.1, -0.05) is 0 Å². The molecule has 0 amide bonds. The zero-order valence-corrected chi connectivity index (χ0v) is 14.3. The minimum atomic E-state index is 1.26. The molecule has 0 saturated heterocycles. The second-order valence-electron chi connectivity index (χ2n) is 3.92. The lowest BCUT2D eigenvalue weighted by molar-refractivity contribution is 1.34. The second kappa shape index (κ2) is 5.30. The summed E-state index contributed by atoms with van der Waals surface area (Å²) < 4.78 is 3.07. The first kappa shape index (κ1) is 12.5. The molecule has 18 heavy (non-hydrogen) atoms. The summed E-state index contributed by atoms with van der Waals surface area (Å²) in [5, 5.41) is 0. The van der Waals surface area contributed by atoms with Gasteiger partial charge in [0.05, 0.1) is 8.42 Å². The fourth-order valence-electron chi connectivity index (χ4n) is 1.93. The predicted molar refractivity (Wildman–Crippen MR) is 90.5 cm³/mol. The van der Waals surface area contributed by atoms with E-state index in [1.165, 1.54) is 51.0 Å². The minimum Gasteiger partial charge on any atom is -0.127 e. The maximum Gasteiger partial charge on any atom is 0.0741 e. The van der Waals surface area contributed by atoms with E-state index in [1.807, 2.05) is 69.7 Å². The first-order valence-electron chi connectivity index (χ1n) is 5.69. The highest BCUT2D eigenvalue weighted by molar-refractivity contribution is 8.07. The molecular weight excluding hydrogens is 337 g/mol. The zero-order chi connectivity index (χ0) is 11.9. The normalized spacial score (nSPS) is 18.4. The van der Waals surface area contributed by atoms with Gasteiger partial charge in [-0.05, 0) is 12.1 Å². The summed E-state index contributed by atoms with van der Waals surface area (Å²) in [5.74, 6) is 5.06. The second-order valence-corrected chi connectivity index (χ2v) is 11.0. The molecule has 94 valence electrons. The molecule has 0 atom stereocenters. The lowest BCUT2D eigenvalue weighted by Gasteiger charge is -2.07. The van der Waals surface area contributed by atoms with E-state index in [0.29, 0.717) is 0 Å². The molecular formula is C12H10S6. The van der Waals surface area contributed by atoms with E-state index in [-0.39, 0.29) is 0 Å². The Morgan fingerprint density at radius 2 is 1.06 bits per heavy atom. The number of rotatable bonds is 1. The van der Waals surface area contributed by atoms with Gasteiger partial charge >= 0.3 is 0 Å². The standard InChI is InChI=1S/C12H10S6/c1-3-15-11-9(13-1)5-7(17-11)8-6-10-12(18-8)16-4-2-14-10/h5-6H,1-4H2. The fourth-order valence-corrected chi connectivity index (χ4v) is 9.73. The molecule has 0 aromatic carbocycles. The van der Waals surface area contributed by atoms with Crippen molar-refractivity contribution in [2.75, 3.05) is 23.0 Å². The van der Waals surface area contributed by atoms with E-state index in [1.54, 1.807) is 0 Å². The van der Waals surface area contributed by atoms with E-state index in [2.05, 4.69) is 12.1 Å². The first-order valence-corrected chi connectivity index (χ1v) is 11.3. The van der Waals surface area contributed by atoms with Gasteiger partial charge in [0.1, 0.15) is 0 Å². The van der Waals surface area contributed by atoms with Crippen LogP contribution in [0, 0.1) is 0 Å². The maximum atomic E-state index is 2.41. The number of fused-ring (bicyclic) bond motifs is 2. The Hall–Kier alpha value is 0.800. The highest BCUT2D eigenvalue weighted by Gasteiger charge is 2.19. The summed E-state index contributed by atoms with van der Waals surface area (Å²) in [6.07, 6.45) is 0. The summed E-state index contributed by atoms with van der Waals surface area (Å²) in [5.41, 5.74) is 0. The molecule has 6 heteroatoms. The SMILES string of the molecule is c1c(-c2cc3c(s2)SCCS3)sc2c1SCCS2. The van der Waals surface area contributed by atoms with Crippen LogP contribution in [0.1, 0.15) is 0 Å². The number of hydrogen-bond acceptors (Lipinski definition) is 6. The third-order valence-corrected chi connectivity index (χ3v) is 10.9. The van der Waals surface area contributed by atoms with E-state index >= 15 is 0 Å². The number of thioether (sulfide) groups is 4. The Morgan fingerprint density at radius 3 is 1.50 bits per heavy atom.